The number of halogens is 1. The Morgan fingerprint density at radius 1 is 0.783 bits per heavy atom. The molecule has 0 aliphatic carbocycles. The van der Waals surface area contributed by atoms with E-state index in [2.05, 4.69) is 9.98 Å². The Hall–Kier alpha value is -2.37. The molecule has 0 fully saturated rings. The average molecular weight is 358 g/mol. The molecule has 0 aromatic heterocycles. The number of hydrogen-bond donors (Lipinski definition) is 3. The smallest absolute Gasteiger partial charge is 1.00 e. The van der Waals surface area contributed by atoms with E-state index in [1.807, 2.05) is 6.07 Å². The first-order valence-electron chi connectivity index (χ1n) is 6.46. The van der Waals surface area contributed by atoms with Gasteiger partial charge in [-0.25, -0.2) is 0 Å². The van der Waals surface area contributed by atoms with Crippen molar-refractivity contribution in [1.29, 1.82) is 0 Å². The van der Waals surface area contributed by atoms with E-state index in [1.165, 1.54) is 18.3 Å². The molecule has 2 aromatic rings. The molecule has 121 valence electrons. The molecule has 0 aliphatic heterocycles. The predicted octanol–water partition coefficient (Wildman–Crippen LogP) is -0.657. The summed E-state index contributed by atoms with van der Waals surface area (Å²) in [7, 11) is 0. The Morgan fingerprint density at radius 3 is 1.91 bits per heavy atom. The fourth-order valence-electron chi connectivity index (χ4n) is 1.68. The van der Waals surface area contributed by atoms with E-state index in [4.69, 9.17) is 5.11 Å². The molecule has 23 heavy (non-hydrogen) atoms. The summed E-state index contributed by atoms with van der Waals surface area (Å²) in [4.78, 5) is 8.31. The van der Waals surface area contributed by atoms with Gasteiger partial charge < -0.3 is 20.0 Å². The Balaban J connectivity index is 0.00000242. The van der Waals surface area contributed by atoms with Gasteiger partial charge in [0, 0.05) is 29.6 Å². The van der Waals surface area contributed by atoms with Crippen molar-refractivity contribution >= 4 is 12.4 Å². The second-order valence-corrected chi connectivity index (χ2v) is 4.37. The number of para-hydroxylation sites is 1. The first kappa shape index (κ1) is 20.6. The van der Waals surface area contributed by atoms with Gasteiger partial charge >= 0.3 is 17.1 Å². The molecule has 0 atom stereocenters. The van der Waals surface area contributed by atoms with Gasteiger partial charge in [-0.15, -0.1) is 0 Å². The number of aromatic hydroxyl groups is 3. The van der Waals surface area contributed by atoms with Crippen molar-refractivity contribution < 1.29 is 37.1 Å². The average Bonchev–Trinajstić information content (AvgIpc) is 2.46. The summed E-state index contributed by atoms with van der Waals surface area (Å²) in [6.45, 7) is 0.939. The molecule has 2 aromatic carbocycles. The van der Waals surface area contributed by atoms with E-state index >= 15 is 0 Å². The fourth-order valence-corrected chi connectivity index (χ4v) is 1.68. The Morgan fingerprint density at radius 2 is 1.35 bits per heavy atom. The van der Waals surface area contributed by atoms with Crippen LogP contribution in [0.15, 0.2) is 52.4 Å². The monoisotopic (exact) mass is 358 g/mol. The van der Waals surface area contributed by atoms with Gasteiger partial charge in [0.25, 0.3) is 0 Å². The van der Waals surface area contributed by atoms with E-state index in [9.17, 15) is 10.2 Å². The Kier molecular flexibility index (Phi) is 9.30. The van der Waals surface area contributed by atoms with E-state index in [0.717, 1.165) is 0 Å². The largest absolute Gasteiger partial charge is 2.00 e. The van der Waals surface area contributed by atoms with Gasteiger partial charge in [-0.1, -0.05) is 12.1 Å². The van der Waals surface area contributed by atoms with Crippen LogP contribution in [0.4, 0.5) is 0 Å². The maximum Gasteiger partial charge on any atom is 2.00 e. The summed E-state index contributed by atoms with van der Waals surface area (Å²) in [5.41, 5.74) is 1.20. The molecule has 5 nitrogen and oxygen atoms in total. The summed E-state index contributed by atoms with van der Waals surface area (Å²) < 4.78 is 0. The van der Waals surface area contributed by atoms with Crippen molar-refractivity contribution in [2.45, 2.75) is 0 Å². The molecule has 0 unspecified atom stereocenters. The van der Waals surface area contributed by atoms with Gasteiger partial charge in [-0.05, 0) is 24.3 Å². The Labute approximate surface area is 143 Å². The minimum Gasteiger partial charge on any atom is -1.00 e. The van der Waals surface area contributed by atoms with Crippen LogP contribution in [0.25, 0.3) is 0 Å². The van der Waals surface area contributed by atoms with Crippen LogP contribution in [0, 0.1) is 0 Å². The third-order valence-corrected chi connectivity index (χ3v) is 2.77. The van der Waals surface area contributed by atoms with Crippen LogP contribution in [-0.2, 0) is 17.1 Å². The van der Waals surface area contributed by atoms with Crippen molar-refractivity contribution in [2.24, 2.45) is 9.98 Å². The minimum absolute atomic E-state index is 0. The number of rotatable bonds is 5. The summed E-state index contributed by atoms with van der Waals surface area (Å²) in [5.74, 6) is 0.187. The third kappa shape index (κ3) is 6.50. The molecule has 0 saturated carbocycles. The minimum atomic E-state index is -0.0172. The standard InChI is InChI=1S/C16H16N2O3.FH.Mn/c19-14-6-5-13(16(21)9-14)11-18-8-7-17-10-12-3-1-2-4-15(12)20;;/h1-6,9-11,19-21H,7-8H2;1H;/q;;+2/p-1. The van der Waals surface area contributed by atoms with Crippen molar-refractivity contribution in [1.82, 2.24) is 0 Å². The molecule has 1 radical (unpaired) electrons. The number of nitrogens with zero attached hydrogens (tertiary/aromatic N) is 2. The molecule has 0 heterocycles. The fraction of sp³-hybridized carbons (Fsp3) is 0.125. The van der Waals surface area contributed by atoms with Crippen LogP contribution >= 0.6 is 0 Å². The maximum atomic E-state index is 9.56. The Bertz CT molecular complexity index is 678. The van der Waals surface area contributed by atoms with Gasteiger partial charge in [-0.3, -0.25) is 9.98 Å². The number of benzene rings is 2. The molecular formula is C16H16FMnN2O3+. The zero-order valence-electron chi connectivity index (χ0n) is 12.1. The van der Waals surface area contributed by atoms with Crippen LogP contribution in [0.2, 0.25) is 0 Å². The van der Waals surface area contributed by atoms with Crippen LogP contribution in [0.1, 0.15) is 11.1 Å². The maximum absolute atomic E-state index is 9.56. The molecular weight excluding hydrogens is 342 g/mol. The van der Waals surface area contributed by atoms with Crippen molar-refractivity contribution in [2.75, 3.05) is 13.1 Å². The molecule has 0 saturated heterocycles. The zero-order valence-corrected chi connectivity index (χ0v) is 13.3. The van der Waals surface area contributed by atoms with Gasteiger partial charge in [0.1, 0.15) is 17.2 Å². The first-order valence-corrected chi connectivity index (χ1v) is 6.46. The van der Waals surface area contributed by atoms with Crippen LogP contribution in [0.5, 0.6) is 17.2 Å². The van der Waals surface area contributed by atoms with E-state index < -0.39 is 0 Å². The van der Waals surface area contributed by atoms with E-state index in [1.54, 1.807) is 30.5 Å². The molecule has 7 heteroatoms. The van der Waals surface area contributed by atoms with E-state index in [0.29, 0.717) is 24.2 Å². The first-order chi connectivity index (χ1) is 10.2. The van der Waals surface area contributed by atoms with Gasteiger partial charge in [0.2, 0.25) is 0 Å². The van der Waals surface area contributed by atoms with Crippen molar-refractivity contribution in [3.05, 3.63) is 53.6 Å². The van der Waals surface area contributed by atoms with Gasteiger partial charge in [0.15, 0.2) is 0 Å². The van der Waals surface area contributed by atoms with Crippen molar-refractivity contribution in [3.63, 3.8) is 0 Å². The second-order valence-electron chi connectivity index (χ2n) is 4.37. The van der Waals surface area contributed by atoms with Crippen LogP contribution in [0.3, 0.4) is 0 Å². The number of hydrogen-bond acceptors (Lipinski definition) is 5. The summed E-state index contributed by atoms with van der Waals surface area (Å²) in [6, 6.07) is 11.3. The summed E-state index contributed by atoms with van der Waals surface area (Å²) >= 11 is 0. The number of phenolic OH excluding ortho intramolecular Hbond substituents is 3. The SMILES string of the molecule is Oc1ccc(C=NCCN=Cc2ccccc2O)c(O)c1.[F-].[Mn+2]. The molecule has 3 N–H and O–H groups in total. The summed E-state index contributed by atoms with van der Waals surface area (Å²) in [6.07, 6.45) is 3.13. The molecule has 0 aliphatic rings. The van der Waals surface area contributed by atoms with Crippen LogP contribution in [-0.4, -0.2) is 40.8 Å². The summed E-state index contributed by atoms with van der Waals surface area (Å²) in [5, 5.41) is 28.3. The second kappa shape index (κ2) is 10.4. The van der Waals surface area contributed by atoms with Crippen molar-refractivity contribution in [3.8, 4) is 17.2 Å². The molecule has 0 bridgehead atoms. The van der Waals surface area contributed by atoms with Crippen LogP contribution < -0.4 is 4.70 Å². The predicted molar refractivity (Wildman–Crippen MR) is 82.8 cm³/mol. The number of phenols is 3. The topological polar surface area (TPSA) is 85.4 Å². The normalized spacial score (nSPS) is 10.4. The quantitative estimate of drug-likeness (QED) is 0.377. The number of aliphatic imine (C=N–C) groups is 2. The third-order valence-electron chi connectivity index (χ3n) is 2.77. The molecule has 0 amide bonds. The molecule has 2 rings (SSSR count). The van der Waals surface area contributed by atoms with E-state index in [-0.39, 0.29) is 39.0 Å². The molecule has 0 spiro atoms. The van der Waals surface area contributed by atoms with Gasteiger partial charge in [-0.2, -0.15) is 0 Å². The zero-order chi connectivity index (χ0) is 15.1. The van der Waals surface area contributed by atoms with Gasteiger partial charge in [0.05, 0.1) is 13.1 Å².